The Bertz CT molecular complexity index is 532. The molecular weight excluding hydrogens is 172 g/mol. The van der Waals surface area contributed by atoms with E-state index in [1.54, 1.807) is 0 Å². The monoisotopic (exact) mass is 182 g/mol. The fraction of sp³-hybridized carbons (Fsp3) is 0.0833. The molecule has 68 valence electrons. The number of hydrogen-bond donors (Lipinski definition) is 0. The van der Waals surface area contributed by atoms with Crippen molar-refractivity contribution in [2.45, 2.75) is 6.54 Å². The Balaban J connectivity index is 2.43. The highest BCUT2D eigenvalue weighted by Crippen LogP contribution is 2.20. The predicted molar refractivity (Wildman–Crippen MR) is 57.9 cm³/mol. The minimum absolute atomic E-state index is 0.901. The first-order chi connectivity index (χ1) is 6.95. The maximum Gasteiger partial charge on any atom is 0.0961 e. The first kappa shape index (κ1) is 7.56. The van der Waals surface area contributed by atoms with E-state index in [-0.39, 0.29) is 0 Å². The lowest BCUT2D eigenvalue weighted by molar-refractivity contribution is 0.848. The van der Waals surface area contributed by atoms with Gasteiger partial charge in [0.2, 0.25) is 0 Å². The van der Waals surface area contributed by atoms with Crippen LogP contribution in [0.15, 0.2) is 42.8 Å². The standard InChI is InChI=1S/C12H10N2/c1-2-5-10-6-4-7-11-12(10)14(8-3-1)9-13-11/h1-7,9H,8H2/b3-1+,5-2?. The fourth-order valence-corrected chi connectivity index (χ4v) is 1.84. The lowest BCUT2D eigenvalue weighted by Gasteiger charge is -2.04. The number of nitrogens with zero attached hydrogens (tertiary/aromatic N) is 2. The zero-order chi connectivity index (χ0) is 9.38. The molecule has 0 aliphatic carbocycles. The maximum absolute atomic E-state index is 4.37. The third-order valence-electron chi connectivity index (χ3n) is 2.49. The summed E-state index contributed by atoms with van der Waals surface area (Å²) in [6.07, 6.45) is 10.3. The molecule has 0 spiro atoms. The van der Waals surface area contributed by atoms with Crippen molar-refractivity contribution < 1.29 is 0 Å². The molecule has 0 amide bonds. The van der Waals surface area contributed by atoms with E-state index < -0.39 is 0 Å². The van der Waals surface area contributed by atoms with E-state index in [4.69, 9.17) is 0 Å². The molecule has 2 heterocycles. The average Bonchev–Trinajstić information content (AvgIpc) is 2.57. The second-order valence-electron chi connectivity index (χ2n) is 3.40. The maximum atomic E-state index is 4.37. The summed E-state index contributed by atoms with van der Waals surface area (Å²) in [6.45, 7) is 0.901. The highest BCUT2D eigenvalue weighted by Gasteiger charge is 2.05. The van der Waals surface area contributed by atoms with E-state index in [0.717, 1.165) is 12.1 Å². The summed E-state index contributed by atoms with van der Waals surface area (Å²) in [6, 6.07) is 6.22. The molecule has 0 fully saturated rings. The van der Waals surface area contributed by atoms with Gasteiger partial charge in [-0.2, -0.15) is 0 Å². The van der Waals surface area contributed by atoms with Crippen LogP contribution in [0.4, 0.5) is 0 Å². The minimum Gasteiger partial charge on any atom is -0.326 e. The summed E-state index contributed by atoms with van der Waals surface area (Å²) < 4.78 is 2.17. The largest absolute Gasteiger partial charge is 0.326 e. The Morgan fingerprint density at radius 2 is 2.21 bits per heavy atom. The lowest BCUT2D eigenvalue weighted by atomic mass is 10.1. The van der Waals surface area contributed by atoms with Gasteiger partial charge < -0.3 is 4.57 Å². The molecular formula is C12H10N2. The molecule has 0 saturated carbocycles. The Morgan fingerprint density at radius 1 is 1.21 bits per heavy atom. The number of para-hydroxylation sites is 1. The predicted octanol–water partition coefficient (Wildman–Crippen LogP) is 2.62. The van der Waals surface area contributed by atoms with Crippen molar-refractivity contribution in [3.63, 3.8) is 0 Å². The van der Waals surface area contributed by atoms with E-state index in [0.29, 0.717) is 0 Å². The van der Waals surface area contributed by atoms with Crippen LogP contribution in [-0.2, 0) is 6.54 Å². The Hall–Kier alpha value is -1.83. The molecule has 0 unspecified atom stereocenters. The van der Waals surface area contributed by atoms with E-state index >= 15 is 0 Å². The van der Waals surface area contributed by atoms with Crippen molar-refractivity contribution >= 4 is 17.1 Å². The second-order valence-corrected chi connectivity index (χ2v) is 3.40. The molecule has 0 N–H and O–H groups in total. The number of hydrogen-bond acceptors (Lipinski definition) is 1. The van der Waals surface area contributed by atoms with Gasteiger partial charge in [0.25, 0.3) is 0 Å². The minimum atomic E-state index is 0.901. The van der Waals surface area contributed by atoms with Crippen molar-refractivity contribution in [1.82, 2.24) is 9.55 Å². The second kappa shape index (κ2) is 2.84. The number of benzene rings is 1. The van der Waals surface area contributed by atoms with Gasteiger partial charge in [0.1, 0.15) is 0 Å². The van der Waals surface area contributed by atoms with Crippen LogP contribution in [0.2, 0.25) is 0 Å². The van der Waals surface area contributed by atoms with Crippen molar-refractivity contribution in [2.24, 2.45) is 0 Å². The molecule has 0 atom stereocenters. The number of rotatable bonds is 0. The normalized spacial score (nSPS) is 16.6. The van der Waals surface area contributed by atoms with Gasteiger partial charge in [-0.15, -0.1) is 0 Å². The van der Waals surface area contributed by atoms with Crippen LogP contribution in [0.5, 0.6) is 0 Å². The Kier molecular flexibility index (Phi) is 1.53. The van der Waals surface area contributed by atoms with Gasteiger partial charge >= 0.3 is 0 Å². The van der Waals surface area contributed by atoms with Crippen LogP contribution in [0.1, 0.15) is 5.56 Å². The fourth-order valence-electron chi connectivity index (χ4n) is 1.84. The summed E-state index contributed by atoms with van der Waals surface area (Å²) in [7, 11) is 0. The van der Waals surface area contributed by atoms with Gasteiger partial charge in [-0.3, -0.25) is 0 Å². The molecule has 1 aromatic heterocycles. The molecule has 0 bridgehead atoms. The SMILES string of the molecule is C1=Cc2cccc3ncn(c23)C/C=C/1. The van der Waals surface area contributed by atoms with Crippen LogP contribution in [0, 0.1) is 0 Å². The topological polar surface area (TPSA) is 17.8 Å². The van der Waals surface area contributed by atoms with Gasteiger partial charge in [0.15, 0.2) is 0 Å². The number of aromatic nitrogens is 2. The van der Waals surface area contributed by atoms with Crippen molar-refractivity contribution in [3.05, 3.63) is 48.3 Å². The third-order valence-corrected chi connectivity index (χ3v) is 2.49. The highest BCUT2D eigenvalue weighted by atomic mass is 15.0. The summed E-state index contributed by atoms with van der Waals surface area (Å²) in [5.41, 5.74) is 3.54. The summed E-state index contributed by atoms with van der Waals surface area (Å²) in [4.78, 5) is 4.37. The zero-order valence-electron chi connectivity index (χ0n) is 7.72. The molecule has 2 heteroatoms. The molecule has 2 aromatic rings. The Morgan fingerprint density at radius 3 is 3.21 bits per heavy atom. The molecule has 0 saturated heterocycles. The van der Waals surface area contributed by atoms with E-state index in [2.05, 4.69) is 46.0 Å². The van der Waals surface area contributed by atoms with Crippen LogP contribution in [-0.4, -0.2) is 9.55 Å². The smallest absolute Gasteiger partial charge is 0.0961 e. The lowest BCUT2D eigenvalue weighted by Crippen LogP contribution is -1.95. The summed E-state index contributed by atoms with van der Waals surface area (Å²) in [5, 5.41) is 0. The summed E-state index contributed by atoms with van der Waals surface area (Å²) in [5.74, 6) is 0. The Labute approximate surface area is 82.2 Å². The average molecular weight is 182 g/mol. The van der Waals surface area contributed by atoms with Gasteiger partial charge in [-0.25, -0.2) is 4.98 Å². The van der Waals surface area contributed by atoms with Gasteiger partial charge in [0, 0.05) is 12.1 Å². The zero-order valence-corrected chi connectivity index (χ0v) is 7.72. The first-order valence-corrected chi connectivity index (χ1v) is 4.72. The van der Waals surface area contributed by atoms with Gasteiger partial charge in [0.05, 0.1) is 17.4 Å². The molecule has 1 aliphatic heterocycles. The van der Waals surface area contributed by atoms with Crippen LogP contribution < -0.4 is 0 Å². The van der Waals surface area contributed by atoms with Crippen molar-refractivity contribution in [1.29, 1.82) is 0 Å². The van der Waals surface area contributed by atoms with Crippen LogP contribution in [0.25, 0.3) is 17.1 Å². The number of imidazole rings is 1. The van der Waals surface area contributed by atoms with Crippen molar-refractivity contribution in [3.8, 4) is 0 Å². The van der Waals surface area contributed by atoms with Crippen LogP contribution >= 0.6 is 0 Å². The van der Waals surface area contributed by atoms with E-state index in [1.165, 1.54) is 11.1 Å². The van der Waals surface area contributed by atoms with E-state index in [1.807, 2.05) is 12.4 Å². The molecule has 2 nitrogen and oxygen atoms in total. The molecule has 1 aliphatic rings. The number of allylic oxidation sites excluding steroid dienone is 3. The molecule has 3 rings (SSSR count). The summed E-state index contributed by atoms with van der Waals surface area (Å²) >= 11 is 0. The molecule has 1 aromatic carbocycles. The van der Waals surface area contributed by atoms with E-state index in [9.17, 15) is 0 Å². The van der Waals surface area contributed by atoms with Crippen molar-refractivity contribution in [2.75, 3.05) is 0 Å². The quantitative estimate of drug-likeness (QED) is 0.612. The highest BCUT2D eigenvalue weighted by molar-refractivity contribution is 5.85. The third kappa shape index (κ3) is 1.01. The molecule has 0 radical (unpaired) electrons. The van der Waals surface area contributed by atoms with Gasteiger partial charge in [-0.1, -0.05) is 36.4 Å². The molecule has 14 heavy (non-hydrogen) atoms. The van der Waals surface area contributed by atoms with Gasteiger partial charge in [-0.05, 0) is 6.07 Å². The first-order valence-electron chi connectivity index (χ1n) is 4.72. The van der Waals surface area contributed by atoms with Crippen LogP contribution in [0.3, 0.4) is 0 Å².